The molecule has 8 heteroatoms. The van der Waals surface area contributed by atoms with Crippen LogP contribution in [0.25, 0.3) is 0 Å². The first-order valence-corrected chi connectivity index (χ1v) is 7.84. The van der Waals surface area contributed by atoms with Crippen LogP contribution in [-0.2, 0) is 16.7 Å². The predicted octanol–water partition coefficient (Wildman–Crippen LogP) is 0.00440. The Morgan fingerprint density at radius 1 is 1.59 bits per heavy atom. The van der Waals surface area contributed by atoms with Gasteiger partial charge < -0.3 is 0 Å². The van der Waals surface area contributed by atoms with Gasteiger partial charge in [0.2, 0.25) is 0 Å². The standard InChI is InChI=1S/C9H13N3O3S2/c13-17(14,15)7-1-3-11-4-5-12(8-11)9-10-2-6-16-9/h4-5,8H,1-3,6-7H2/p+1. The highest BCUT2D eigenvalue weighted by Crippen LogP contribution is 2.12. The number of rotatable bonds is 4. The Kier molecular flexibility index (Phi) is 3.85. The quantitative estimate of drug-likeness (QED) is 0.620. The van der Waals surface area contributed by atoms with Crippen molar-refractivity contribution in [3.05, 3.63) is 18.7 Å². The molecule has 0 radical (unpaired) electrons. The molecule has 0 aromatic carbocycles. The fourth-order valence-corrected chi connectivity index (χ4v) is 2.85. The number of imidazole rings is 1. The van der Waals surface area contributed by atoms with Crippen LogP contribution >= 0.6 is 11.8 Å². The Hall–Kier alpha value is -0.860. The van der Waals surface area contributed by atoms with E-state index in [1.165, 1.54) is 0 Å². The maximum absolute atomic E-state index is 10.6. The number of aliphatic imine (C=N–C) groups is 1. The fourth-order valence-electron chi connectivity index (χ4n) is 1.55. The van der Waals surface area contributed by atoms with Gasteiger partial charge >= 0.3 is 0 Å². The van der Waals surface area contributed by atoms with Gasteiger partial charge in [0.15, 0.2) is 0 Å². The second-order valence-electron chi connectivity index (χ2n) is 3.71. The van der Waals surface area contributed by atoms with Crippen molar-refractivity contribution in [2.45, 2.75) is 13.0 Å². The largest absolute Gasteiger partial charge is 0.286 e. The van der Waals surface area contributed by atoms with Gasteiger partial charge in [0.1, 0.15) is 12.4 Å². The molecule has 0 bridgehead atoms. The number of hydrogen-bond acceptors (Lipinski definition) is 4. The van der Waals surface area contributed by atoms with Crippen molar-refractivity contribution in [3.8, 4) is 0 Å². The molecule has 0 saturated heterocycles. The third kappa shape index (κ3) is 3.83. The molecule has 0 fully saturated rings. The average Bonchev–Trinajstić information content (AvgIpc) is 2.83. The summed E-state index contributed by atoms with van der Waals surface area (Å²) in [4.78, 5) is 4.33. The van der Waals surface area contributed by atoms with E-state index < -0.39 is 10.1 Å². The lowest BCUT2D eigenvalue weighted by Gasteiger charge is -1.95. The lowest BCUT2D eigenvalue weighted by Crippen LogP contribution is -2.32. The zero-order valence-electron chi connectivity index (χ0n) is 9.19. The van der Waals surface area contributed by atoms with Crippen molar-refractivity contribution in [1.29, 1.82) is 0 Å². The molecule has 0 aliphatic carbocycles. The van der Waals surface area contributed by atoms with Crippen molar-refractivity contribution in [2.24, 2.45) is 4.99 Å². The zero-order valence-corrected chi connectivity index (χ0v) is 10.8. The number of aryl methyl sites for hydroxylation is 1. The molecule has 0 spiro atoms. The molecule has 0 unspecified atom stereocenters. The maximum Gasteiger partial charge on any atom is 0.265 e. The molecular weight excluding hydrogens is 262 g/mol. The number of hydrogen-bond donors (Lipinski definition) is 1. The van der Waals surface area contributed by atoms with Gasteiger partial charge in [-0.1, -0.05) is 11.8 Å². The fraction of sp³-hybridized carbons (Fsp3) is 0.556. The minimum Gasteiger partial charge on any atom is -0.286 e. The molecule has 17 heavy (non-hydrogen) atoms. The third-order valence-corrected chi connectivity index (χ3v) is 4.09. The first kappa shape index (κ1) is 12.6. The monoisotopic (exact) mass is 276 g/mol. The summed E-state index contributed by atoms with van der Waals surface area (Å²) in [5, 5.41) is 0.971. The Bertz CT molecular complexity index is 521. The molecule has 1 N–H and O–H groups in total. The molecular formula is C9H14N3O3S2+. The van der Waals surface area contributed by atoms with E-state index in [1.54, 1.807) is 11.8 Å². The summed E-state index contributed by atoms with van der Waals surface area (Å²) in [5.41, 5.74) is 0. The molecule has 0 amide bonds. The van der Waals surface area contributed by atoms with E-state index in [4.69, 9.17) is 4.55 Å². The number of thioether (sulfide) groups is 1. The lowest BCUT2D eigenvalue weighted by molar-refractivity contribution is -0.695. The van der Waals surface area contributed by atoms with Gasteiger partial charge in [-0.05, 0) is 0 Å². The van der Waals surface area contributed by atoms with Crippen molar-refractivity contribution >= 4 is 27.0 Å². The molecule has 0 atom stereocenters. The second-order valence-corrected chi connectivity index (χ2v) is 6.35. The number of nitrogens with zero attached hydrogens (tertiary/aromatic N) is 3. The highest BCUT2D eigenvalue weighted by atomic mass is 32.2. The third-order valence-electron chi connectivity index (χ3n) is 2.30. The van der Waals surface area contributed by atoms with E-state index in [1.807, 2.05) is 27.9 Å². The topological polar surface area (TPSA) is 75.5 Å². The molecule has 1 aromatic rings. The van der Waals surface area contributed by atoms with Gasteiger partial charge in [-0.15, -0.1) is 0 Å². The average molecular weight is 276 g/mol. The van der Waals surface area contributed by atoms with Gasteiger partial charge in [-0.2, -0.15) is 13.0 Å². The van der Waals surface area contributed by atoms with E-state index >= 15 is 0 Å². The molecule has 94 valence electrons. The van der Waals surface area contributed by atoms with Gasteiger partial charge in [0.25, 0.3) is 21.6 Å². The summed E-state index contributed by atoms with van der Waals surface area (Å²) in [5.74, 6) is 0.803. The van der Waals surface area contributed by atoms with Crippen LogP contribution in [0.1, 0.15) is 6.42 Å². The molecule has 1 aliphatic rings. The Balaban J connectivity index is 1.90. The summed E-state index contributed by atoms with van der Waals surface area (Å²) in [6.45, 7) is 1.41. The van der Waals surface area contributed by atoms with Gasteiger partial charge in [-0.25, -0.2) is 9.56 Å². The molecule has 1 aromatic heterocycles. The minimum absolute atomic E-state index is 0.207. The van der Waals surface area contributed by atoms with E-state index in [2.05, 4.69) is 4.99 Å². The van der Waals surface area contributed by atoms with Crippen LogP contribution in [0.2, 0.25) is 0 Å². The van der Waals surface area contributed by atoms with Crippen LogP contribution in [0.3, 0.4) is 0 Å². The van der Waals surface area contributed by atoms with Gasteiger partial charge in [-0.3, -0.25) is 4.55 Å². The number of aromatic nitrogens is 2. The second kappa shape index (κ2) is 5.19. The Labute approximate surface area is 104 Å². The molecule has 2 rings (SSSR count). The van der Waals surface area contributed by atoms with E-state index in [-0.39, 0.29) is 5.75 Å². The first-order valence-electron chi connectivity index (χ1n) is 5.24. The van der Waals surface area contributed by atoms with Crippen molar-refractivity contribution in [1.82, 2.24) is 4.57 Å². The Morgan fingerprint density at radius 3 is 3.06 bits per heavy atom. The highest BCUT2D eigenvalue weighted by molar-refractivity contribution is 8.14. The predicted molar refractivity (Wildman–Crippen MR) is 65.8 cm³/mol. The summed E-state index contributed by atoms with van der Waals surface area (Å²) in [7, 11) is -3.85. The van der Waals surface area contributed by atoms with Crippen LogP contribution in [-0.4, -0.2) is 40.8 Å². The maximum atomic E-state index is 10.6. The molecule has 1 aliphatic heterocycles. The van der Waals surface area contributed by atoms with Crippen LogP contribution < -0.4 is 4.57 Å². The SMILES string of the molecule is O=S(=O)(O)CCC[n+]1ccn(C2=NCCS2)c1. The summed E-state index contributed by atoms with van der Waals surface area (Å²) in [6, 6.07) is 0. The van der Waals surface area contributed by atoms with Crippen LogP contribution in [0, 0.1) is 0 Å². The smallest absolute Gasteiger partial charge is 0.265 e. The highest BCUT2D eigenvalue weighted by Gasteiger charge is 2.15. The zero-order chi connectivity index (χ0) is 12.3. The lowest BCUT2D eigenvalue weighted by atomic mass is 10.5. The summed E-state index contributed by atoms with van der Waals surface area (Å²) in [6.07, 6.45) is 6.03. The van der Waals surface area contributed by atoms with Crippen molar-refractivity contribution in [2.75, 3.05) is 18.1 Å². The molecule has 2 heterocycles. The Morgan fingerprint density at radius 2 is 2.41 bits per heavy atom. The van der Waals surface area contributed by atoms with E-state index in [0.29, 0.717) is 13.0 Å². The molecule has 0 saturated carbocycles. The van der Waals surface area contributed by atoms with Crippen LogP contribution in [0.5, 0.6) is 0 Å². The van der Waals surface area contributed by atoms with Crippen molar-refractivity contribution in [3.63, 3.8) is 0 Å². The summed E-state index contributed by atoms with van der Waals surface area (Å²) < 4.78 is 33.5. The van der Waals surface area contributed by atoms with E-state index in [9.17, 15) is 8.42 Å². The molecule has 6 nitrogen and oxygen atoms in total. The van der Waals surface area contributed by atoms with Crippen molar-refractivity contribution < 1.29 is 17.5 Å². The first-order chi connectivity index (χ1) is 8.04. The normalized spacial score (nSPS) is 16.2. The van der Waals surface area contributed by atoms with Crippen LogP contribution in [0.15, 0.2) is 23.7 Å². The minimum atomic E-state index is -3.85. The van der Waals surface area contributed by atoms with E-state index in [0.717, 1.165) is 17.5 Å². The van der Waals surface area contributed by atoms with Crippen LogP contribution in [0.4, 0.5) is 0 Å². The summed E-state index contributed by atoms with van der Waals surface area (Å²) >= 11 is 1.70. The van der Waals surface area contributed by atoms with Gasteiger partial charge in [0.05, 0.1) is 18.8 Å². The van der Waals surface area contributed by atoms with Gasteiger partial charge in [0, 0.05) is 12.2 Å².